The van der Waals surface area contributed by atoms with Gasteiger partial charge in [-0.25, -0.2) is 0 Å². The fourth-order valence-electron chi connectivity index (χ4n) is 1.93. The van der Waals surface area contributed by atoms with Crippen LogP contribution in [0.4, 0.5) is 0 Å². The number of nitrogens with zero attached hydrogens (tertiary/aromatic N) is 1. The first-order valence-electron chi connectivity index (χ1n) is 6.86. The predicted molar refractivity (Wildman–Crippen MR) is 77.9 cm³/mol. The fourth-order valence-corrected chi connectivity index (χ4v) is 2.67. The van der Waals surface area contributed by atoms with Gasteiger partial charge in [0.2, 0.25) is 5.88 Å². The Hall–Kier alpha value is -1.10. The van der Waals surface area contributed by atoms with Crippen LogP contribution in [0.1, 0.15) is 46.0 Å². The molecule has 0 aliphatic heterocycles. The third kappa shape index (κ3) is 4.82. The third-order valence-electron chi connectivity index (χ3n) is 3.04. The van der Waals surface area contributed by atoms with Gasteiger partial charge in [-0.05, 0) is 18.6 Å². The van der Waals surface area contributed by atoms with E-state index in [9.17, 15) is 15.0 Å². The normalized spacial score (nSPS) is 10.8. The summed E-state index contributed by atoms with van der Waals surface area (Å²) in [5.41, 5.74) is 0. The van der Waals surface area contributed by atoms with Crippen molar-refractivity contribution in [1.29, 1.82) is 0 Å². The van der Waals surface area contributed by atoms with Crippen LogP contribution in [0.15, 0.2) is 11.0 Å². The number of unbranched alkanes of at least 4 members (excludes halogenated alkanes) is 2. The Kier molecular flexibility index (Phi) is 6.84. The second-order valence-corrected chi connectivity index (χ2v) is 5.78. The SMILES string of the molecule is CCSc1cc(O)n(CCCCCC(=O)CC)c1O. The van der Waals surface area contributed by atoms with Crippen molar-refractivity contribution in [3.8, 4) is 11.8 Å². The maximum absolute atomic E-state index is 11.1. The molecule has 0 aliphatic rings. The van der Waals surface area contributed by atoms with E-state index in [0.29, 0.717) is 25.2 Å². The molecule has 0 radical (unpaired) electrons. The van der Waals surface area contributed by atoms with Crippen LogP contribution in [0, 0.1) is 0 Å². The summed E-state index contributed by atoms with van der Waals surface area (Å²) >= 11 is 1.51. The first kappa shape index (κ1) is 16.0. The molecular formula is C14H23NO3S. The number of thioether (sulfide) groups is 1. The standard InChI is InChI=1S/C14H23NO3S/c1-3-11(16)8-6-5-7-9-15-13(17)10-12(14(15)18)19-4-2/h10,17-18H,3-9H2,1-2H3. The summed E-state index contributed by atoms with van der Waals surface area (Å²) < 4.78 is 1.53. The molecule has 5 heteroatoms. The van der Waals surface area contributed by atoms with Crippen molar-refractivity contribution in [3.05, 3.63) is 6.07 Å². The molecule has 2 N–H and O–H groups in total. The highest BCUT2D eigenvalue weighted by Crippen LogP contribution is 2.35. The van der Waals surface area contributed by atoms with Gasteiger partial charge in [0.05, 0.1) is 4.90 Å². The minimum Gasteiger partial charge on any atom is -0.494 e. The van der Waals surface area contributed by atoms with E-state index in [1.54, 1.807) is 6.07 Å². The summed E-state index contributed by atoms with van der Waals surface area (Å²) in [6.45, 7) is 4.47. The summed E-state index contributed by atoms with van der Waals surface area (Å²) in [7, 11) is 0. The van der Waals surface area contributed by atoms with Crippen LogP contribution in [-0.2, 0) is 11.3 Å². The molecule has 4 nitrogen and oxygen atoms in total. The quantitative estimate of drug-likeness (QED) is 0.538. The van der Waals surface area contributed by atoms with E-state index >= 15 is 0 Å². The van der Waals surface area contributed by atoms with Gasteiger partial charge in [-0.3, -0.25) is 9.36 Å². The van der Waals surface area contributed by atoms with Crippen LogP contribution >= 0.6 is 11.8 Å². The molecule has 1 heterocycles. The Morgan fingerprint density at radius 3 is 2.63 bits per heavy atom. The molecule has 0 aromatic carbocycles. The average Bonchev–Trinajstić information content (AvgIpc) is 2.65. The van der Waals surface area contributed by atoms with Crippen LogP contribution in [0.3, 0.4) is 0 Å². The zero-order valence-electron chi connectivity index (χ0n) is 11.7. The zero-order valence-corrected chi connectivity index (χ0v) is 12.5. The van der Waals surface area contributed by atoms with Crippen LogP contribution in [0.5, 0.6) is 11.8 Å². The number of hydrogen-bond donors (Lipinski definition) is 2. The van der Waals surface area contributed by atoms with Crippen molar-refractivity contribution in [2.45, 2.75) is 57.4 Å². The minimum absolute atomic E-state index is 0.109. The van der Waals surface area contributed by atoms with Crippen LogP contribution in [-0.4, -0.2) is 26.3 Å². The third-order valence-corrected chi connectivity index (χ3v) is 3.94. The molecule has 0 unspecified atom stereocenters. The highest BCUT2D eigenvalue weighted by atomic mass is 32.2. The molecule has 108 valence electrons. The van der Waals surface area contributed by atoms with Crippen LogP contribution in [0.2, 0.25) is 0 Å². The van der Waals surface area contributed by atoms with Gasteiger partial charge < -0.3 is 10.2 Å². The molecule has 0 fully saturated rings. The molecular weight excluding hydrogens is 262 g/mol. The Morgan fingerprint density at radius 1 is 1.26 bits per heavy atom. The van der Waals surface area contributed by atoms with Gasteiger partial charge in [0, 0.05) is 25.5 Å². The lowest BCUT2D eigenvalue weighted by Gasteiger charge is -2.06. The monoisotopic (exact) mass is 285 g/mol. The minimum atomic E-state index is 0.109. The smallest absolute Gasteiger partial charge is 0.208 e. The summed E-state index contributed by atoms with van der Waals surface area (Å²) in [6, 6.07) is 1.60. The number of rotatable bonds is 9. The van der Waals surface area contributed by atoms with E-state index in [-0.39, 0.29) is 11.8 Å². The molecule has 0 aliphatic carbocycles. The molecule has 0 amide bonds. The first-order valence-corrected chi connectivity index (χ1v) is 7.84. The zero-order chi connectivity index (χ0) is 14.3. The lowest BCUT2D eigenvalue weighted by molar-refractivity contribution is -0.118. The largest absolute Gasteiger partial charge is 0.494 e. The van der Waals surface area contributed by atoms with E-state index in [2.05, 4.69) is 0 Å². The Bertz CT molecular complexity index is 415. The molecule has 0 bridgehead atoms. The number of aromatic hydroxyl groups is 2. The average molecular weight is 285 g/mol. The maximum Gasteiger partial charge on any atom is 0.208 e. The molecule has 1 rings (SSSR count). The molecule has 1 aromatic rings. The van der Waals surface area contributed by atoms with Gasteiger partial charge in [-0.1, -0.05) is 20.3 Å². The number of ketones is 1. The van der Waals surface area contributed by atoms with E-state index < -0.39 is 0 Å². The number of Topliss-reactive ketones (excluding diaryl/α,β-unsaturated/α-hetero) is 1. The summed E-state index contributed by atoms with van der Waals surface area (Å²) in [5, 5.41) is 19.7. The molecule has 1 aromatic heterocycles. The molecule has 0 atom stereocenters. The van der Waals surface area contributed by atoms with Crippen molar-refractivity contribution in [2.24, 2.45) is 0 Å². The summed E-state index contributed by atoms with van der Waals surface area (Å²) in [6.07, 6.45) is 3.90. The van der Waals surface area contributed by atoms with E-state index in [0.717, 1.165) is 29.9 Å². The van der Waals surface area contributed by atoms with Gasteiger partial charge in [-0.2, -0.15) is 0 Å². The number of hydrogen-bond acceptors (Lipinski definition) is 4. The Labute approximate surface area is 118 Å². The van der Waals surface area contributed by atoms with E-state index in [4.69, 9.17) is 0 Å². The van der Waals surface area contributed by atoms with Gasteiger partial charge in [0.15, 0.2) is 5.88 Å². The second-order valence-electron chi connectivity index (χ2n) is 4.48. The van der Waals surface area contributed by atoms with Gasteiger partial charge in [0.25, 0.3) is 0 Å². The molecule has 0 spiro atoms. The highest BCUT2D eigenvalue weighted by Gasteiger charge is 2.13. The Morgan fingerprint density at radius 2 is 2.00 bits per heavy atom. The summed E-state index contributed by atoms with van der Waals surface area (Å²) in [5.74, 6) is 1.41. The molecule has 0 saturated heterocycles. The molecule has 19 heavy (non-hydrogen) atoms. The molecule has 0 saturated carbocycles. The number of carbonyl (C=O) groups is 1. The topological polar surface area (TPSA) is 62.5 Å². The van der Waals surface area contributed by atoms with E-state index in [1.165, 1.54) is 16.3 Å². The second kappa shape index (κ2) is 8.15. The van der Waals surface area contributed by atoms with Gasteiger partial charge >= 0.3 is 0 Å². The van der Waals surface area contributed by atoms with Crippen molar-refractivity contribution in [1.82, 2.24) is 4.57 Å². The van der Waals surface area contributed by atoms with Gasteiger partial charge in [0.1, 0.15) is 5.78 Å². The highest BCUT2D eigenvalue weighted by molar-refractivity contribution is 7.99. The maximum atomic E-state index is 11.1. The fraction of sp³-hybridized carbons (Fsp3) is 0.643. The van der Waals surface area contributed by atoms with Crippen molar-refractivity contribution in [2.75, 3.05) is 5.75 Å². The van der Waals surface area contributed by atoms with Crippen molar-refractivity contribution >= 4 is 17.5 Å². The van der Waals surface area contributed by atoms with Gasteiger partial charge in [-0.15, -0.1) is 11.8 Å². The first-order chi connectivity index (χ1) is 9.10. The lowest BCUT2D eigenvalue weighted by Crippen LogP contribution is -1.98. The number of aromatic nitrogens is 1. The predicted octanol–water partition coefficient (Wildman–Crippen LogP) is 3.55. The van der Waals surface area contributed by atoms with Crippen molar-refractivity contribution < 1.29 is 15.0 Å². The number of carbonyl (C=O) groups excluding carboxylic acids is 1. The summed E-state index contributed by atoms with van der Waals surface area (Å²) in [4.78, 5) is 11.9. The van der Waals surface area contributed by atoms with E-state index in [1.807, 2.05) is 13.8 Å². The van der Waals surface area contributed by atoms with Crippen molar-refractivity contribution in [3.63, 3.8) is 0 Å². The van der Waals surface area contributed by atoms with Crippen LogP contribution in [0.25, 0.3) is 0 Å². The van der Waals surface area contributed by atoms with Crippen LogP contribution < -0.4 is 0 Å². The Balaban J connectivity index is 2.39. The lowest BCUT2D eigenvalue weighted by atomic mass is 10.1.